The van der Waals surface area contributed by atoms with Gasteiger partial charge in [-0.1, -0.05) is 52.5 Å². The van der Waals surface area contributed by atoms with E-state index in [0.717, 1.165) is 22.6 Å². The first-order valence-corrected chi connectivity index (χ1v) is 16.5. The number of anilines is 1. The fourth-order valence-electron chi connectivity index (χ4n) is 5.32. The number of rotatable bonds is 10. The van der Waals surface area contributed by atoms with Crippen LogP contribution in [0.2, 0.25) is 0 Å². The van der Waals surface area contributed by atoms with Crippen LogP contribution in [0.15, 0.2) is 65.0 Å². The first kappa shape index (κ1) is 35.3. The molecule has 0 radical (unpaired) electrons. The maximum atomic E-state index is 16.3. The van der Waals surface area contributed by atoms with Gasteiger partial charge in [0.25, 0.3) is 0 Å². The predicted molar refractivity (Wildman–Crippen MR) is 181 cm³/mol. The van der Waals surface area contributed by atoms with E-state index < -0.39 is 29.2 Å². The normalized spacial score (nSPS) is 15.2. The molecule has 12 heteroatoms. The number of benzene rings is 2. The number of amidine groups is 1. The number of nitrogens with one attached hydrogen (secondary N) is 1. The van der Waals surface area contributed by atoms with E-state index in [-0.39, 0.29) is 40.6 Å². The van der Waals surface area contributed by atoms with Gasteiger partial charge in [-0.25, -0.2) is 18.8 Å². The van der Waals surface area contributed by atoms with Gasteiger partial charge in [-0.3, -0.25) is 14.4 Å². The van der Waals surface area contributed by atoms with Gasteiger partial charge in [0.15, 0.2) is 5.82 Å². The van der Waals surface area contributed by atoms with Crippen molar-refractivity contribution in [3.63, 3.8) is 0 Å². The Morgan fingerprint density at radius 1 is 1.13 bits per heavy atom. The second-order valence-electron chi connectivity index (χ2n) is 11.7. The zero-order valence-corrected chi connectivity index (χ0v) is 28.2. The third-order valence-electron chi connectivity index (χ3n) is 7.78. The number of piperazine rings is 1. The summed E-state index contributed by atoms with van der Waals surface area (Å²) in [6.07, 6.45) is 3.60. The average molecular weight is 664 g/mol. The molecule has 2 amide bonds. The summed E-state index contributed by atoms with van der Waals surface area (Å²) in [6, 6.07) is 10.6. The molecule has 1 atom stereocenters. The van der Waals surface area contributed by atoms with E-state index in [1.807, 2.05) is 50.1 Å². The number of pyridine rings is 1. The molecule has 1 fully saturated rings. The number of amides is 2. The topological polar surface area (TPSA) is 104 Å². The van der Waals surface area contributed by atoms with Gasteiger partial charge in [0.05, 0.1) is 22.7 Å². The van der Waals surface area contributed by atoms with Gasteiger partial charge < -0.3 is 19.9 Å². The van der Waals surface area contributed by atoms with Crippen molar-refractivity contribution in [3.8, 4) is 17.0 Å². The second-order valence-corrected chi connectivity index (χ2v) is 12.5. The number of halogens is 2. The number of nitrogens with zero attached hydrogens (tertiary/aromatic N) is 4. The van der Waals surface area contributed by atoms with Crippen LogP contribution in [0.3, 0.4) is 0 Å². The lowest BCUT2D eigenvalue weighted by atomic mass is 10.0. The number of hydrogen-bond donors (Lipinski definition) is 1. The van der Waals surface area contributed by atoms with Crippen molar-refractivity contribution in [1.82, 2.24) is 14.8 Å². The van der Waals surface area contributed by atoms with Crippen molar-refractivity contribution >= 4 is 47.4 Å². The minimum absolute atomic E-state index is 0.0796. The summed E-state index contributed by atoms with van der Waals surface area (Å²) < 4.78 is 37.1. The number of aromatic nitrogens is 1. The lowest BCUT2D eigenvalue weighted by molar-refractivity contribution is -0.137. The summed E-state index contributed by atoms with van der Waals surface area (Å²) in [6.45, 7) is 13.9. The lowest BCUT2D eigenvalue weighted by Gasteiger charge is -2.41. The molecule has 1 saturated heterocycles. The Hall–Kier alpha value is -4.58. The standard InChI is InChI=1S/C35H39F2N5O4S/c1-8-29(44)41-15-16-42(22(6)18-41)34(40-31-23(20(2)3)11-9-14-28(31)47-7)24-17-26(37)32(39-33(24)38-19-43)30-25(36)12-10-13-27(30)46-35(45)21(4)5/h8-14,17,19-22H,1,15-16,18H2,2-7H3,(H,38,39,43)/b40-34+. The zero-order valence-electron chi connectivity index (χ0n) is 27.3. The second kappa shape index (κ2) is 15.3. The van der Waals surface area contributed by atoms with Crippen LogP contribution in [0, 0.1) is 17.6 Å². The Morgan fingerprint density at radius 2 is 1.85 bits per heavy atom. The highest BCUT2D eigenvalue weighted by atomic mass is 32.2. The van der Waals surface area contributed by atoms with Crippen LogP contribution >= 0.6 is 11.8 Å². The molecule has 1 aromatic heterocycles. The number of carbonyl (C=O) groups excluding carboxylic acids is 3. The number of hydrogen-bond acceptors (Lipinski definition) is 7. The molecule has 1 unspecified atom stereocenters. The Kier molecular flexibility index (Phi) is 11.5. The smallest absolute Gasteiger partial charge is 0.313 e. The molecule has 0 aliphatic carbocycles. The molecule has 2 heterocycles. The van der Waals surface area contributed by atoms with Gasteiger partial charge in [-0.15, -0.1) is 11.8 Å². The Labute approximate surface area is 278 Å². The molecule has 47 heavy (non-hydrogen) atoms. The SMILES string of the molecule is C=CC(=O)N1CCN(/C(=N/c2c(SC)cccc2C(C)C)c2cc(F)c(-c3c(F)cccc3OC(=O)C(C)C)nc2NC=O)C(C)C1. The van der Waals surface area contributed by atoms with Crippen molar-refractivity contribution < 1.29 is 27.9 Å². The third kappa shape index (κ3) is 7.70. The maximum Gasteiger partial charge on any atom is 0.313 e. The van der Waals surface area contributed by atoms with Gasteiger partial charge in [-0.05, 0) is 55.0 Å². The molecule has 248 valence electrons. The largest absolute Gasteiger partial charge is 0.425 e. The van der Waals surface area contributed by atoms with E-state index in [0.29, 0.717) is 37.6 Å². The highest BCUT2D eigenvalue weighted by molar-refractivity contribution is 7.98. The summed E-state index contributed by atoms with van der Waals surface area (Å²) in [5, 5.41) is 2.55. The molecule has 0 saturated carbocycles. The van der Waals surface area contributed by atoms with Crippen molar-refractivity contribution in [1.29, 1.82) is 0 Å². The van der Waals surface area contributed by atoms with Gasteiger partial charge in [0, 0.05) is 30.6 Å². The van der Waals surface area contributed by atoms with Crippen LogP contribution in [0.25, 0.3) is 11.3 Å². The van der Waals surface area contributed by atoms with E-state index >= 15 is 8.78 Å². The molecular formula is C35H39F2N5O4S. The fraction of sp³-hybridized carbons (Fsp3) is 0.343. The molecule has 0 bridgehead atoms. The monoisotopic (exact) mass is 663 g/mol. The van der Waals surface area contributed by atoms with Gasteiger partial charge in [0.1, 0.15) is 28.9 Å². The van der Waals surface area contributed by atoms with Crippen molar-refractivity contribution in [2.24, 2.45) is 10.9 Å². The van der Waals surface area contributed by atoms with Crippen LogP contribution in [-0.2, 0) is 14.4 Å². The number of thioether (sulfide) groups is 1. The average Bonchev–Trinajstić information content (AvgIpc) is 3.04. The first-order chi connectivity index (χ1) is 22.4. The summed E-state index contributed by atoms with van der Waals surface area (Å²) in [5.74, 6) is -3.03. The van der Waals surface area contributed by atoms with E-state index in [1.165, 1.54) is 30.0 Å². The highest BCUT2D eigenvalue weighted by Crippen LogP contribution is 2.39. The quantitative estimate of drug-likeness (QED) is 0.0484. The number of carbonyl (C=O) groups is 3. The van der Waals surface area contributed by atoms with E-state index in [2.05, 4.69) is 16.9 Å². The van der Waals surface area contributed by atoms with Crippen LogP contribution in [0.5, 0.6) is 5.75 Å². The van der Waals surface area contributed by atoms with E-state index in [4.69, 9.17) is 9.73 Å². The minimum Gasteiger partial charge on any atom is -0.425 e. The van der Waals surface area contributed by atoms with Crippen molar-refractivity contribution in [3.05, 3.63) is 77.9 Å². The number of ether oxygens (including phenoxy) is 1. The lowest BCUT2D eigenvalue weighted by Crippen LogP contribution is -2.55. The molecule has 0 spiro atoms. The molecule has 1 aliphatic rings. The Balaban J connectivity index is 1.98. The Bertz CT molecular complexity index is 1710. The molecule has 3 aromatic rings. The summed E-state index contributed by atoms with van der Waals surface area (Å²) in [4.78, 5) is 50.9. The number of aliphatic imine (C=N–C) groups is 1. The molecule has 4 rings (SSSR count). The molecule has 9 nitrogen and oxygen atoms in total. The first-order valence-electron chi connectivity index (χ1n) is 15.3. The highest BCUT2D eigenvalue weighted by Gasteiger charge is 2.32. The molecule has 1 aliphatic heterocycles. The third-order valence-corrected chi connectivity index (χ3v) is 8.55. The molecule has 1 N–H and O–H groups in total. The maximum absolute atomic E-state index is 16.3. The molecule has 2 aromatic carbocycles. The van der Waals surface area contributed by atoms with Crippen molar-refractivity contribution in [2.75, 3.05) is 31.2 Å². The minimum atomic E-state index is -0.925. The summed E-state index contributed by atoms with van der Waals surface area (Å²) in [7, 11) is 0. The van der Waals surface area contributed by atoms with E-state index in [9.17, 15) is 14.4 Å². The van der Waals surface area contributed by atoms with Gasteiger partial charge >= 0.3 is 5.97 Å². The fourth-order valence-corrected chi connectivity index (χ4v) is 5.89. The molecular weight excluding hydrogens is 624 g/mol. The predicted octanol–water partition coefficient (Wildman–Crippen LogP) is 6.80. The van der Waals surface area contributed by atoms with Crippen LogP contribution in [0.1, 0.15) is 51.7 Å². The van der Waals surface area contributed by atoms with Crippen LogP contribution in [0.4, 0.5) is 20.3 Å². The van der Waals surface area contributed by atoms with Crippen LogP contribution in [-0.4, -0.2) is 70.8 Å². The number of esters is 1. The summed E-state index contributed by atoms with van der Waals surface area (Å²) >= 11 is 1.51. The van der Waals surface area contributed by atoms with Gasteiger partial charge in [-0.2, -0.15) is 0 Å². The Morgan fingerprint density at radius 3 is 2.47 bits per heavy atom. The number of para-hydroxylation sites is 1. The van der Waals surface area contributed by atoms with E-state index in [1.54, 1.807) is 18.7 Å². The van der Waals surface area contributed by atoms with Gasteiger partial charge in [0.2, 0.25) is 12.3 Å². The van der Waals surface area contributed by atoms with Crippen LogP contribution < -0.4 is 10.1 Å². The van der Waals surface area contributed by atoms with Crippen molar-refractivity contribution in [2.45, 2.75) is 51.5 Å². The zero-order chi connectivity index (χ0) is 34.4. The summed E-state index contributed by atoms with van der Waals surface area (Å²) in [5.41, 5.74) is 0.971.